The Hall–Kier alpha value is -1.53. The second-order valence-electron chi connectivity index (χ2n) is 19.8. The van der Waals surface area contributed by atoms with Crippen molar-refractivity contribution in [1.29, 1.82) is 0 Å². The Morgan fingerprint density at radius 2 is 0.855 bits per heavy atom. The van der Waals surface area contributed by atoms with Crippen LogP contribution in [-0.2, 0) is 33.2 Å². The number of aliphatic hydroxyl groups excluding tert-OH is 7. The van der Waals surface area contributed by atoms with Crippen LogP contribution in [0, 0.1) is 0 Å². The van der Waals surface area contributed by atoms with E-state index in [0.29, 0.717) is 13.0 Å². The minimum Gasteiger partial charge on any atom is -0.457 e. The number of unbranched alkanes of at least 4 members (excludes halogenated alkanes) is 27. The molecule has 7 N–H and O–H groups in total. The van der Waals surface area contributed by atoms with E-state index in [1.807, 2.05) is 0 Å². The molecule has 0 radical (unpaired) electrons. The molecule has 2 aliphatic rings. The first-order valence-electron chi connectivity index (χ1n) is 27.9. The van der Waals surface area contributed by atoms with Crippen molar-refractivity contribution >= 4 is 5.97 Å². The second kappa shape index (κ2) is 42.9. The summed E-state index contributed by atoms with van der Waals surface area (Å²) in [5, 5.41) is 72.2. The minimum absolute atomic E-state index is 0.0605. The van der Waals surface area contributed by atoms with Crippen LogP contribution in [0.2, 0.25) is 0 Å². The molecule has 14 nitrogen and oxygen atoms in total. The number of ether oxygens (including phenoxy) is 6. The third-order valence-corrected chi connectivity index (χ3v) is 13.4. The summed E-state index contributed by atoms with van der Waals surface area (Å²) in [5.41, 5.74) is 0. The number of carbonyl (C=O) groups is 1. The standard InChI is InChI=1S/C55H102O14/c1-3-5-7-9-11-13-15-17-19-21-23-25-27-29-31-33-35-37-39-64-41-44(67-47(57)38-36-34-32-30-28-26-24-22-20-18-16-14-12-10-8-6-4-2)42-65-54-53(63)51(61)49(59)46(69-54)43-66-55-52(62)50(60)48(58)45(40-56)68-55/h17-20,44-46,48-56,58-63H,3-16,21-43H2,1-2H3/b19-17-,20-18-. The van der Waals surface area contributed by atoms with E-state index >= 15 is 0 Å². The molecule has 0 spiro atoms. The minimum atomic E-state index is -1.71. The second-order valence-corrected chi connectivity index (χ2v) is 19.8. The third-order valence-electron chi connectivity index (χ3n) is 13.4. The molecule has 0 aromatic carbocycles. The first kappa shape index (κ1) is 63.6. The van der Waals surface area contributed by atoms with Gasteiger partial charge in [-0.1, -0.05) is 173 Å². The zero-order chi connectivity index (χ0) is 50.2. The van der Waals surface area contributed by atoms with Crippen LogP contribution in [-0.4, -0.2) is 142 Å². The number of esters is 1. The van der Waals surface area contributed by atoms with Crippen molar-refractivity contribution in [3.8, 4) is 0 Å². The summed E-state index contributed by atoms with van der Waals surface area (Å²) < 4.78 is 34.4. The van der Waals surface area contributed by atoms with Crippen LogP contribution >= 0.6 is 0 Å². The quantitative estimate of drug-likeness (QED) is 0.0172. The summed E-state index contributed by atoms with van der Waals surface area (Å²) in [7, 11) is 0. The molecule has 0 bridgehead atoms. The molecule has 2 heterocycles. The van der Waals surface area contributed by atoms with Gasteiger partial charge in [0.25, 0.3) is 0 Å². The van der Waals surface area contributed by atoms with Crippen molar-refractivity contribution in [3.63, 3.8) is 0 Å². The summed E-state index contributed by atoms with van der Waals surface area (Å²) in [6, 6.07) is 0. The molecular weight excluding hydrogens is 885 g/mol. The van der Waals surface area contributed by atoms with Crippen molar-refractivity contribution in [2.75, 3.05) is 33.0 Å². The summed E-state index contributed by atoms with van der Waals surface area (Å²) in [4.78, 5) is 13.0. The fourth-order valence-electron chi connectivity index (χ4n) is 8.86. The van der Waals surface area contributed by atoms with E-state index in [9.17, 15) is 40.5 Å². The first-order chi connectivity index (χ1) is 33.6. The lowest BCUT2D eigenvalue weighted by atomic mass is 9.98. The van der Waals surface area contributed by atoms with E-state index in [2.05, 4.69) is 38.2 Å². The molecule has 0 amide bonds. The third kappa shape index (κ3) is 30.3. The molecule has 2 rings (SSSR count). The maximum absolute atomic E-state index is 13.0. The van der Waals surface area contributed by atoms with E-state index < -0.39 is 80.7 Å². The van der Waals surface area contributed by atoms with Crippen LogP contribution < -0.4 is 0 Å². The van der Waals surface area contributed by atoms with Crippen LogP contribution in [0.3, 0.4) is 0 Å². The van der Waals surface area contributed by atoms with Crippen molar-refractivity contribution < 1.29 is 69.0 Å². The van der Waals surface area contributed by atoms with Crippen molar-refractivity contribution in [2.24, 2.45) is 0 Å². The Bertz CT molecular complexity index is 1240. The molecule has 11 atom stereocenters. The zero-order valence-electron chi connectivity index (χ0n) is 43.3. The molecule has 2 saturated heterocycles. The highest BCUT2D eigenvalue weighted by atomic mass is 16.7. The largest absolute Gasteiger partial charge is 0.457 e. The lowest BCUT2D eigenvalue weighted by Gasteiger charge is -2.42. The van der Waals surface area contributed by atoms with E-state index in [4.69, 9.17) is 28.4 Å². The molecule has 14 heteroatoms. The van der Waals surface area contributed by atoms with Gasteiger partial charge in [-0.25, -0.2) is 0 Å². The van der Waals surface area contributed by atoms with Crippen molar-refractivity contribution in [3.05, 3.63) is 24.3 Å². The normalized spacial score (nSPS) is 25.8. The van der Waals surface area contributed by atoms with Gasteiger partial charge in [0.2, 0.25) is 0 Å². The van der Waals surface area contributed by atoms with Gasteiger partial charge in [0, 0.05) is 13.0 Å². The highest BCUT2D eigenvalue weighted by Crippen LogP contribution is 2.26. The zero-order valence-corrected chi connectivity index (χ0v) is 43.3. The average molecular weight is 987 g/mol. The molecule has 0 aliphatic carbocycles. The van der Waals surface area contributed by atoms with Gasteiger partial charge in [-0.15, -0.1) is 0 Å². The number of carbonyl (C=O) groups excluding carboxylic acids is 1. The van der Waals surface area contributed by atoms with Crippen molar-refractivity contribution in [1.82, 2.24) is 0 Å². The average Bonchev–Trinajstić information content (AvgIpc) is 3.35. The van der Waals surface area contributed by atoms with Gasteiger partial charge >= 0.3 is 5.97 Å². The Morgan fingerprint density at radius 1 is 0.464 bits per heavy atom. The van der Waals surface area contributed by atoms with Crippen LogP contribution in [0.25, 0.3) is 0 Å². The SMILES string of the molecule is CCCCCCCC/C=C\CCCCCCCCCCOCC(COC1OC(COC2OC(CO)C(O)C(O)C2O)C(O)C(O)C1O)OC(=O)CCCCCCCCC/C=C\CCCCCCCC. The van der Waals surface area contributed by atoms with Crippen molar-refractivity contribution in [2.45, 2.75) is 287 Å². The Kier molecular flexibility index (Phi) is 39.6. The van der Waals surface area contributed by atoms with E-state index in [1.54, 1.807) is 0 Å². The molecule has 406 valence electrons. The summed E-state index contributed by atoms with van der Waals surface area (Å²) in [6.07, 6.45) is 30.9. The summed E-state index contributed by atoms with van der Waals surface area (Å²) in [6.45, 7) is 3.70. The van der Waals surface area contributed by atoms with Gasteiger partial charge in [0.15, 0.2) is 12.6 Å². The molecule has 0 saturated carbocycles. The van der Waals surface area contributed by atoms with E-state index in [0.717, 1.165) is 44.9 Å². The van der Waals surface area contributed by atoms with E-state index in [-0.39, 0.29) is 25.6 Å². The van der Waals surface area contributed by atoms with Crippen LogP contribution in [0.15, 0.2) is 24.3 Å². The highest BCUT2D eigenvalue weighted by molar-refractivity contribution is 5.69. The van der Waals surface area contributed by atoms with Gasteiger partial charge < -0.3 is 64.2 Å². The summed E-state index contributed by atoms with van der Waals surface area (Å²) in [5.74, 6) is -0.379. The summed E-state index contributed by atoms with van der Waals surface area (Å²) >= 11 is 0. The lowest BCUT2D eigenvalue weighted by molar-refractivity contribution is -0.332. The van der Waals surface area contributed by atoms with Gasteiger partial charge in [-0.3, -0.25) is 4.79 Å². The first-order valence-corrected chi connectivity index (χ1v) is 27.9. The molecule has 2 fully saturated rings. The highest BCUT2D eigenvalue weighted by Gasteiger charge is 2.47. The topological polar surface area (TPSA) is 214 Å². The predicted molar refractivity (Wildman–Crippen MR) is 270 cm³/mol. The van der Waals surface area contributed by atoms with Gasteiger partial charge in [0.1, 0.15) is 54.9 Å². The number of hydrogen-bond acceptors (Lipinski definition) is 14. The van der Waals surface area contributed by atoms with Gasteiger partial charge in [-0.05, 0) is 64.2 Å². The molecule has 0 aromatic rings. The number of allylic oxidation sites excluding steroid dienone is 4. The molecule has 69 heavy (non-hydrogen) atoms. The van der Waals surface area contributed by atoms with E-state index in [1.165, 1.54) is 148 Å². The smallest absolute Gasteiger partial charge is 0.306 e. The molecular formula is C55H102O14. The Balaban J connectivity index is 1.74. The van der Waals surface area contributed by atoms with Crippen LogP contribution in [0.5, 0.6) is 0 Å². The fraction of sp³-hybridized carbons (Fsp3) is 0.909. The van der Waals surface area contributed by atoms with Gasteiger partial charge in [-0.2, -0.15) is 0 Å². The lowest BCUT2D eigenvalue weighted by Crippen LogP contribution is -2.61. The number of hydrogen-bond donors (Lipinski definition) is 7. The van der Waals surface area contributed by atoms with Crippen LogP contribution in [0.4, 0.5) is 0 Å². The number of aliphatic hydroxyl groups is 7. The van der Waals surface area contributed by atoms with Gasteiger partial charge in [0.05, 0.1) is 26.4 Å². The number of rotatable bonds is 45. The Morgan fingerprint density at radius 3 is 1.32 bits per heavy atom. The maximum atomic E-state index is 13.0. The molecule has 2 aliphatic heterocycles. The fourth-order valence-corrected chi connectivity index (χ4v) is 8.86. The monoisotopic (exact) mass is 987 g/mol. The van der Waals surface area contributed by atoms with Crippen LogP contribution in [0.1, 0.15) is 219 Å². The molecule has 11 unspecified atom stereocenters. The maximum Gasteiger partial charge on any atom is 0.306 e. The molecule has 0 aromatic heterocycles. The predicted octanol–water partition coefficient (Wildman–Crippen LogP) is 9.19. The Labute approximate surface area is 417 Å².